The van der Waals surface area contributed by atoms with Gasteiger partial charge in [-0.1, -0.05) is 26.2 Å². The molecule has 1 aromatic heterocycles. The summed E-state index contributed by atoms with van der Waals surface area (Å²) < 4.78 is 56.1. The quantitative estimate of drug-likeness (QED) is 0.189. The van der Waals surface area contributed by atoms with Crippen molar-refractivity contribution in [1.29, 1.82) is 0 Å². The number of nitrogens with one attached hydrogen (secondary N) is 1. The number of rotatable bonds is 12. The number of aromatic nitrogens is 2. The van der Waals surface area contributed by atoms with Crippen LogP contribution in [0.25, 0.3) is 0 Å². The van der Waals surface area contributed by atoms with Crippen LogP contribution in [-0.2, 0) is 31.6 Å². The largest absolute Gasteiger partial charge is 0.488 e. The monoisotopic (exact) mass is 591 g/mol. The third kappa shape index (κ3) is 8.25. The van der Waals surface area contributed by atoms with Crippen molar-refractivity contribution in [2.75, 3.05) is 18.5 Å². The molecular formula is C18H32N3O13P3. The van der Waals surface area contributed by atoms with Gasteiger partial charge in [0.2, 0.25) is 0 Å². The zero-order chi connectivity index (χ0) is 27.4. The lowest BCUT2D eigenvalue weighted by Crippen LogP contribution is -2.36. The molecule has 4 unspecified atom stereocenters. The second-order valence-corrected chi connectivity index (χ2v) is 14.0. The first-order valence-electron chi connectivity index (χ1n) is 11.6. The van der Waals surface area contributed by atoms with Crippen LogP contribution in [0.2, 0.25) is 0 Å². The predicted molar refractivity (Wildman–Crippen MR) is 128 cm³/mol. The van der Waals surface area contributed by atoms with Gasteiger partial charge in [0.15, 0.2) is 6.23 Å². The Morgan fingerprint density at radius 2 is 1.76 bits per heavy atom. The van der Waals surface area contributed by atoms with Crippen LogP contribution in [0.15, 0.2) is 17.1 Å². The van der Waals surface area contributed by atoms with E-state index < -0.39 is 65.7 Å². The molecule has 1 aliphatic carbocycles. The van der Waals surface area contributed by atoms with Crippen LogP contribution in [0.3, 0.4) is 0 Å². The summed E-state index contributed by atoms with van der Waals surface area (Å²) >= 11 is 0. The van der Waals surface area contributed by atoms with Crippen LogP contribution >= 0.6 is 23.2 Å². The summed E-state index contributed by atoms with van der Waals surface area (Å²) in [7, 11) is -15.6. The molecule has 1 saturated heterocycles. The minimum Gasteiger partial charge on any atom is -0.387 e. The molecule has 0 amide bonds. The molecule has 6 N–H and O–H groups in total. The fraction of sp³-hybridized carbons (Fsp3) is 0.778. The molecule has 1 aromatic rings. The minimum atomic E-state index is -5.53. The van der Waals surface area contributed by atoms with Crippen molar-refractivity contribution in [2.24, 2.45) is 0 Å². The summed E-state index contributed by atoms with van der Waals surface area (Å²) in [5.41, 5.74) is -1.72. The topological polar surface area (TPSA) is 236 Å². The third-order valence-electron chi connectivity index (χ3n) is 5.86. The molecule has 16 nitrogen and oxygen atoms in total. The highest BCUT2D eigenvalue weighted by Gasteiger charge is 2.48. The van der Waals surface area contributed by atoms with E-state index in [0.717, 1.165) is 17.4 Å². The smallest absolute Gasteiger partial charge is 0.387 e. The first-order valence-corrected chi connectivity index (χ1v) is 16.3. The van der Waals surface area contributed by atoms with E-state index in [-0.39, 0.29) is 12.8 Å². The summed E-state index contributed by atoms with van der Waals surface area (Å²) in [6.07, 6.45) is -1.57. The van der Waals surface area contributed by atoms with Crippen molar-refractivity contribution in [2.45, 2.75) is 75.6 Å². The average Bonchev–Trinajstić information content (AvgIpc) is 3.09. The molecule has 19 heteroatoms. The Labute approximate surface area is 212 Å². The van der Waals surface area contributed by atoms with E-state index in [0.29, 0.717) is 25.2 Å². The first kappa shape index (κ1) is 30.6. The maximum Gasteiger partial charge on any atom is 0.488 e. The Balaban J connectivity index is 1.59. The molecule has 212 valence electrons. The maximum atomic E-state index is 12.4. The van der Waals surface area contributed by atoms with Gasteiger partial charge in [-0.2, -0.15) is 9.29 Å². The highest BCUT2D eigenvalue weighted by Crippen LogP contribution is 2.69. The van der Waals surface area contributed by atoms with Crippen LogP contribution in [0.5, 0.6) is 0 Å². The Hall–Kier alpha value is -0.990. The molecular weight excluding hydrogens is 559 g/mol. The third-order valence-corrected chi connectivity index (χ3v) is 11.2. The number of anilines is 1. The van der Waals surface area contributed by atoms with Crippen LogP contribution in [-0.4, -0.2) is 71.6 Å². The maximum absolute atomic E-state index is 12.4. The van der Waals surface area contributed by atoms with Gasteiger partial charge in [0, 0.05) is 12.7 Å². The summed E-state index contributed by atoms with van der Waals surface area (Å²) in [6.45, 7) is 1.56. The molecule has 0 bridgehead atoms. The van der Waals surface area contributed by atoms with Gasteiger partial charge in [-0.05, 0) is 25.3 Å². The zero-order valence-electron chi connectivity index (χ0n) is 19.9. The first-order chi connectivity index (χ1) is 17.2. The molecule has 1 aliphatic heterocycles. The van der Waals surface area contributed by atoms with Crippen LogP contribution < -0.4 is 11.0 Å². The van der Waals surface area contributed by atoms with Crippen LogP contribution in [0, 0.1) is 0 Å². The van der Waals surface area contributed by atoms with Gasteiger partial charge >= 0.3 is 28.9 Å². The lowest BCUT2D eigenvalue weighted by molar-refractivity contribution is -0.0541. The highest BCUT2D eigenvalue weighted by molar-refractivity contribution is 7.68. The van der Waals surface area contributed by atoms with Gasteiger partial charge in [0.1, 0.15) is 24.1 Å². The summed E-state index contributed by atoms with van der Waals surface area (Å²) in [4.78, 5) is 45.8. The van der Waals surface area contributed by atoms with Crippen molar-refractivity contribution >= 4 is 29.1 Å². The number of nitrogens with zero attached hydrogens (tertiary/aromatic N) is 2. The molecule has 37 heavy (non-hydrogen) atoms. The molecule has 7 atom stereocenters. The Morgan fingerprint density at radius 3 is 2.38 bits per heavy atom. The summed E-state index contributed by atoms with van der Waals surface area (Å²) in [5, 5.41) is 23.5. The van der Waals surface area contributed by atoms with Gasteiger partial charge in [-0.3, -0.25) is 13.7 Å². The Kier molecular flexibility index (Phi) is 10.3. The van der Waals surface area contributed by atoms with E-state index >= 15 is 0 Å². The highest BCUT2D eigenvalue weighted by atomic mass is 31.3. The lowest BCUT2D eigenvalue weighted by atomic mass is 10.0. The standard InChI is InChI=1S/C18H32N3O13P3/c1-2-9-19-14-8-10-21(18(24)20-14)17-16(23)15(22)13(32-17)11-31-36(27,28)34-37(29,30)33-35(25,26)12-6-4-3-5-7-12/h8,10,12-13,15-17,22-23H,2-7,9,11H2,1H3,(H,25,26)(H,27,28)(H,29,30)(H,19,20,24)/t13-,15?,16+,17-/m1/s1. The fourth-order valence-electron chi connectivity index (χ4n) is 4.01. The molecule has 3 rings (SSSR count). The van der Waals surface area contributed by atoms with Gasteiger partial charge in [0.05, 0.1) is 12.3 Å². The van der Waals surface area contributed by atoms with Crippen LogP contribution in [0.4, 0.5) is 5.82 Å². The van der Waals surface area contributed by atoms with Crippen molar-refractivity contribution in [1.82, 2.24) is 9.55 Å². The molecule has 2 aliphatic rings. The number of aliphatic hydroxyl groups is 2. The SMILES string of the molecule is CCCNc1ccn([C@@H]2O[C@H](COP(=O)(O)OP(=O)(O)OP(=O)(O)C3CCCCC3)C(O)[C@@H]2O)c(=O)n1. The molecule has 2 heterocycles. The van der Waals surface area contributed by atoms with E-state index in [1.165, 1.54) is 12.3 Å². The minimum absolute atomic E-state index is 0.276. The average molecular weight is 591 g/mol. The Bertz CT molecular complexity index is 1130. The second kappa shape index (κ2) is 12.5. The fourth-order valence-corrected chi connectivity index (χ4v) is 8.70. The number of phosphoric acid groups is 2. The molecule has 2 fully saturated rings. The second-order valence-electron chi connectivity index (χ2n) is 8.73. The van der Waals surface area contributed by atoms with Crippen molar-refractivity contribution in [3.63, 3.8) is 0 Å². The Morgan fingerprint density at radius 1 is 1.08 bits per heavy atom. The van der Waals surface area contributed by atoms with E-state index in [9.17, 15) is 43.4 Å². The summed E-state index contributed by atoms with van der Waals surface area (Å²) in [5.74, 6) is 0.293. The molecule has 1 saturated carbocycles. The number of ether oxygens (including phenoxy) is 1. The van der Waals surface area contributed by atoms with E-state index in [2.05, 4.69) is 23.4 Å². The lowest BCUT2D eigenvalue weighted by Gasteiger charge is -2.27. The molecule has 0 spiro atoms. The number of aliphatic hydroxyl groups excluding tert-OH is 2. The van der Waals surface area contributed by atoms with Crippen LogP contribution in [0.1, 0.15) is 51.7 Å². The van der Waals surface area contributed by atoms with Gasteiger partial charge in [0.25, 0.3) is 0 Å². The van der Waals surface area contributed by atoms with E-state index in [4.69, 9.17) is 4.74 Å². The molecule has 0 aromatic carbocycles. The van der Waals surface area contributed by atoms with Gasteiger partial charge in [-0.15, -0.1) is 0 Å². The van der Waals surface area contributed by atoms with Crippen molar-refractivity contribution in [3.8, 4) is 0 Å². The number of hydrogen-bond donors (Lipinski definition) is 6. The van der Waals surface area contributed by atoms with Gasteiger partial charge < -0.3 is 34.9 Å². The summed E-state index contributed by atoms with van der Waals surface area (Å²) in [6, 6.07) is 1.45. The normalized spacial score (nSPS) is 29.8. The number of phosphoric ester groups is 1. The number of hydrogen-bond acceptors (Lipinski definition) is 12. The van der Waals surface area contributed by atoms with Crippen molar-refractivity contribution < 1.29 is 56.5 Å². The predicted octanol–water partition coefficient (Wildman–Crippen LogP) is 1.45. The van der Waals surface area contributed by atoms with E-state index in [1.54, 1.807) is 0 Å². The van der Waals surface area contributed by atoms with Crippen molar-refractivity contribution in [3.05, 3.63) is 22.7 Å². The van der Waals surface area contributed by atoms with E-state index in [1.807, 2.05) is 6.92 Å². The van der Waals surface area contributed by atoms with Gasteiger partial charge in [-0.25, -0.2) is 18.2 Å². The zero-order valence-corrected chi connectivity index (χ0v) is 22.6. The molecule has 0 radical (unpaired) electrons.